The zero-order chi connectivity index (χ0) is 18.0. The summed E-state index contributed by atoms with van der Waals surface area (Å²) in [5.74, 6) is -0.853. The molecule has 8 heteroatoms. The van der Waals surface area contributed by atoms with Crippen molar-refractivity contribution in [3.05, 3.63) is 42.0 Å². The molecule has 0 saturated carbocycles. The van der Waals surface area contributed by atoms with Gasteiger partial charge in [0.25, 0.3) is 12.3 Å². The molecule has 2 heterocycles. The highest BCUT2D eigenvalue weighted by atomic mass is 19.3. The van der Waals surface area contributed by atoms with E-state index in [-0.39, 0.29) is 5.69 Å². The summed E-state index contributed by atoms with van der Waals surface area (Å²) in [6, 6.07) is 5.76. The quantitative estimate of drug-likeness (QED) is 0.830. The second-order valence-electron chi connectivity index (χ2n) is 5.89. The number of benzene rings is 1. The molecule has 0 radical (unpaired) electrons. The third kappa shape index (κ3) is 3.62. The third-order valence-corrected chi connectivity index (χ3v) is 4.09. The second kappa shape index (κ2) is 7.16. The first-order valence-corrected chi connectivity index (χ1v) is 8.17. The Morgan fingerprint density at radius 1 is 1.24 bits per heavy atom. The summed E-state index contributed by atoms with van der Waals surface area (Å²) in [5, 5.41) is 3.91. The fraction of sp³-hybridized carbons (Fsp3) is 0.412. The molecule has 0 atom stereocenters. The van der Waals surface area contributed by atoms with Crippen LogP contribution in [0.3, 0.4) is 0 Å². The summed E-state index contributed by atoms with van der Waals surface area (Å²) >= 11 is 0. The van der Waals surface area contributed by atoms with Gasteiger partial charge in [0, 0.05) is 25.8 Å². The number of anilines is 2. The van der Waals surface area contributed by atoms with Crippen LogP contribution in [0.15, 0.2) is 30.5 Å². The number of alkyl halides is 2. The van der Waals surface area contributed by atoms with Gasteiger partial charge in [-0.1, -0.05) is 6.92 Å². The maximum atomic E-state index is 13.7. The molecule has 0 spiro atoms. The first-order chi connectivity index (χ1) is 12.0. The van der Waals surface area contributed by atoms with Crippen molar-refractivity contribution >= 4 is 17.3 Å². The molecule has 25 heavy (non-hydrogen) atoms. The molecular formula is C17H19F3N4O. The Morgan fingerprint density at radius 3 is 2.76 bits per heavy atom. The van der Waals surface area contributed by atoms with Crippen LogP contribution in [-0.4, -0.2) is 41.7 Å². The predicted molar refractivity (Wildman–Crippen MR) is 88.8 cm³/mol. The molecule has 5 nitrogen and oxygen atoms in total. The van der Waals surface area contributed by atoms with Crippen LogP contribution in [-0.2, 0) is 6.54 Å². The van der Waals surface area contributed by atoms with Crippen LogP contribution < -0.4 is 9.80 Å². The maximum absolute atomic E-state index is 13.7. The lowest BCUT2D eigenvalue weighted by Gasteiger charge is -2.37. The van der Waals surface area contributed by atoms with E-state index < -0.39 is 24.7 Å². The number of hydrogen-bond acceptors (Lipinski definition) is 3. The van der Waals surface area contributed by atoms with Crippen molar-refractivity contribution < 1.29 is 18.0 Å². The third-order valence-electron chi connectivity index (χ3n) is 4.09. The minimum atomic E-state index is -2.55. The summed E-state index contributed by atoms with van der Waals surface area (Å²) in [7, 11) is 0. The van der Waals surface area contributed by atoms with Crippen LogP contribution in [0.4, 0.5) is 24.5 Å². The molecule has 1 amide bonds. The van der Waals surface area contributed by atoms with Crippen molar-refractivity contribution in [1.29, 1.82) is 0 Å². The van der Waals surface area contributed by atoms with E-state index in [4.69, 9.17) is 0 Å². The molecule has 0 aliphatic carbocycles. The Labute approximate surface area is 143 Å². The van der Waals surface area contributed by atoms with E-state index in [1.54, 1.807) is 6.07 Å². The van der Waals surface area contributed by atoms with Crippen molar-refractivity contribution in [2.45, 2.75) is 26.3 Å². The van der Waals surface area contributed by atoms with Gasteiger partial charge in [-0.3, -0.25) is 9.48 Å². The van der Waals surface area contributed by atoms with Crippen molar-refractivity contribution in [3.8, 4) is 0 Å². The second-order valence-corrected chi connectivity index (χ2v) is 5.89. The molecule has 2 aromatic rings. The SMILES string of the molecule is CCCN1CCN(C(=O)c2ccn(CC(F)F)n2)c2cc(F)ccc21. The van der Waals surface area contributed by atoms with Gasteiger partial charge >= 0.3 is 0 Å². The fourth-order valence-corrected chi connectivity index (χ4v) is 3.01. The number of carbonyl (C=O) groups excluding carboxylic acids is 1. The topological polar surface area (TPSA) is 41.4 Å². The number of halogens is 3. The number of nitrogens with zero attached hydrogens (tertiary/aromatic N) is 4. The molecule has 1 aliphatic rings. The predicted octanol–water partition coefficient (Wildman–Crippen LogP) is 3.16. The largest absolute Gasteiger partial charge is 0.368 e. The average Bonchev–Trinajstić information content (AvgIpc) is 3.02. The van der Waals surface area contributed by atoms with Gasteiger partial charge in [-0.15, -0.1) is 0 Å². The van der Waals surface area contributed by atoms with Gasteiger partial charge < -0.3 is 9.80 Å². The van der Waals surface area contributed by atoms with Crippen LogP contribution in [0.2, 0.25) is 0 Å². The number of aromatic nitrogens is 2. The van der Waals surface area contributed by atoms with E-state index >= 15 is 0 Å². The van der Waals surface area contributed by atoms with Crippen LogP contribution in [0, 0.1) is 5.82 Å². The fourth-order valence-electron chi connectivity index (χ4n) is 3.01. The molecule has 1 aromatic carbocycles. The highest BCUT2D eigenvalue weighted by molar-refractivity contribution is 6.07. The van der Waals surface area contributed by atoms with Gasteiger partial charge in [0.15, 0.2) is 5.69 Å². The number of fused-ring (bicyclic) bond motifs is 1. The molecule has 1 aliphatic heterocycles. The summed E-state index contributed by atoms with van der Waals surface area (Å²) in [6.07, 6.45) is -0.266. The van der Waals surface area contributed by atoms with Gasteiger partial charge in [-0.25, -0.2) is 13.2 Å². The molecule has 3 rings (SSSR count). The van der Waals surface area contributed by atoms with Gasteiger partial charge in [0.2, 0.25) is 0 Å². The van der Waals surface area contributed by atoms with Gasteiger partial charge in [0.05, 0.1) is 11.4 Å². The summed E-state index contributed by atoms with van der Waals surface area (Å²) in [6.45, 7) is 3.30. The van der Waals surface area contributed by atoms with Crippen LogP contribution in [0.5, 0.6) is 0 Å². The zero-order valence-corrected chi connectivity index (χ0v) is 13.8. The lowest BCUT2D eigenvalue weighted by atomic mass is 10.1. The smallest absolute Gasteiger partial charge is 0.278 e. The van der Waals surface area contributed by atoms with Crippen LogP contribution in [0.25, 0.3) is 0 Å². The van der Waals surface area contributed by atoms with E-state index in [2.05, 4.69) is 16.9 Å². The Kier molecular flexibility index (Phi) is 4.96. The normalized spacial score (nSPS) is 14.1. The Balaban J connectivity index is 1.89. The van der Waals surface area contributed by atoms with Crippen molar-refractivity contribution in [2.75, 3.05) is 29.4 Å². The number of amides is 1. The molecule has 0 bridgehead atoms. The average molecular weight is 352 g/mol. The first kappa shape index (κ1) is 17.3. The van der Waals surface area contributed by atoms with Crippen molar-refractivity contribution in [2.24, 2.45) is 0 Å². The minimum absolute atomic E-state index is 0.0693. The van der Waals surface area contributed by atoms with E-state index in [1.807, 2.05) is 0 Å². The molecule has 0 N–H and O–H groups in total. The molecule has 134 valence electrons. The molecular weight excluding hydrogens is 333 g/mol. The molecule has 0 saturated heterocycles. The zero-order valence-electron chi connectivity index (χ0n) is 13.8. The van der Waals surface area contributed by atoms with E-state index in [9.17, 15) is 18.0 Å². The Bertz CT molecular complexity index is 762. The van der Waals surface area contributed by atoms with Crippen molar-refractivity contribution in [1.82, 2.24) is 9.78 Å². The highest BCUT2D eigenvalue weighted by Crippen LogP contribution is 2.34. The van der Waals surface area contributed by atoms with Crippen LogP contribution in [0.1, 0.15) is 23.8 Å². The Morgan fingerprint density at radius 2 is 2.04 bits per heavy atom. The monoisotopic (exact) mass is 352 g/mol. The molecule has 0 unspecified atom stereocenters. The molecule has 0 fully saturated rings. The maximum Gasteiger partial charge on any atom is 0.278 e. The van der Waals surface area contributed by atoms with Crippen molar-refractivity contribution in [3.63, 3.8) is 0 Å². The highest BCUT2D eigenvalue weighted by Gasteiger charge is 2.29. The number of carbonyl (C=O) groups is 1. The summed E-state index contributed by atoms with van der Waals surface area (Å²) < 4.78 is 39.7. The minimum Gasteiger partial charge on any atom is -0.368 e. The van der Waals surface area contributed by atoms with Gasteiger partial charge in [-0.2, -0.15) is 5.10 Å². The first-order valence-electron chi connectivity index (χ1n) is 8.17. The lowest BCUT2D eigenvalue weighted by molar-refractivity contribution is 0.0975. The van der Waals surface area contributed by atoms with E-state index in [0.717, 1.165) is 23.3 Å². The standard InChI is InChI=1S/C17H19F3N4O/c1-2-6-22-8-9-24(15-10-12(18)3-4-14(15)22)17(25)13-5-7-23(21-13)11-16(19)20/h3-5,7,10,16H,2,6,8-9,11H2,1H3. The van der Waals surface area contributed by atoms with E-state index in [1.165, 1.54) is 29.3 Å². The summed E-state index contributed by atoms with van der Waals surface area (Å²) in [4.78, 5) is 16.3. The lowest BCUT2D eigenvalue weighted by Crippen LogP contribution is -2.44. The summed E-state index contributed by atoms with van der Waals surface area (Å²) in [5.41, 5.74) is 1.34. The van der Waals surface area contributed by atoms with Gasteiger partial charge in [-0.05, 0) is 30.7 Å². The number of rotatable bonds is 5. The van der Waals surface area contributed by atoms with E-state index in [0.29, 0.717) is 18.8 Å². The Hall–Kier alpha value is -2.51. The van der Waals surface area contributed by atoms with Gasteiger partial charge in [0.1, 0.15) is 12.4 Å². The molecule has 1 aromatic heterocycles. The number of hydrogen-bond donors (Lipinski definition) is 0. The van der Waals surface area contributed by atoms with Crippen LogP contribution >= 0.6 is 0 Å².